The topological polar surface area (TPSA) is 142 Å². The molecule has 12 aromatic rings. The zero-order chi connectivity index (χ0) is 78.3. The number of nitrogens with zero attached hydrogens (tertiary/aromatic N) is 9. The number of aryl methyl sites for hydroxylation is 1. The first-order chi connectivity index (χ1) is 55.8. The van der Waals surface area contributed by atoms with Crippen LogP contribution in [-0.2, 0) is 48.0 Å². The highest BCUT2D eigenvalue weighted by Crippen LogP contribution is 2.46. The van der Waals surface area contributed by atoms with Gasteiger partial charge in [-0.3, -0.25) is 4.90 Å². The quantitative estimate of drug-likeness (QED) is 0.0390. The summed E-state index contributed by atoms with van der Waals surface area (Å²) in [5.41, 5.74) is 20.7. The number of hydrogen-bond acceptors (Lipinski definition) is 14. The summed E-state index contributed by atoms with van der Waals surface area (Å²) in [6.07, 6.45) is 17.9. The summed E-state index contributed by atoms with van der Waals surface area (Å²) < 4.78 is 93.0. The third kappa shape index (κ3) is 19.3. The van der Waals surface area contributed by atoms with Crippen LogP contribution in [0.2, 0.25) is 0 Å². The summed E-state index contributed by atoms with van der Waals surface area (Å²) in [7, 11) is 3.50. The van der Waals surface area contributed by atoms with E-state index in [-0.39, 0.29) is 17.8 Å². The van der Waals surface area contributed by atoms with Crippen molar-refractivity contribution < 1.29 is 35.8 Å². The molecule has 114 heavy (non-hydrogen) atoms. The summed E-state index contributed by atoms with van der Waals surface area (Å²) in [4.78, 5) is 35.9. The maximum atomic E-state index is 14.1. The van der Waals surface area contributed by atoms with Crippen LogP contribution in [0.5, 0.6) is 0 Å². The largest absolute Gasteiger partial charge is 0.385 e. The van der Waals surface area contributed by atoms with E-state index < -0.39 is 34.9 Å². The summed E-state index contributed by atoms with van der Waals surface area (Å²) >= 11 is 0. The van der Waals surface area contributed by atoms with E-state index in [0.717, 1.165) is 198 Å². The van der Waals surface area contributed by atoms with Crippen molar-refractivity contribution in [2.75, 3.05) is 102 Å². The minimum atomic E-state index is -0.836. The first-order valence-corrected chi connectivity index (χ1v) is 39.8. The van der Waals surface area contributed by atoms with Gasteiger partial charge in [0.25, 0.3) is 0 Å². The van der Waals surface area contributed by atoms with Crippen LogP contribution in [0.15, 0.2) is 219 Å². The zero-order valence-electron chi connectivity index (χ0n) is 64.4. The molecule has 2 fully saturated rings. The van der Waals surface area contributed by atoms with Crippen molar-refractivity contribution in [2.45, 2.75) is 94.8 Å². The first-order valence-electron chi connectivity index (χ1n) is 39.8. The highest BCUT2D eigenvalue weighted by atomic mass is 19.2. The smallest absolute Gasteiger partial charge is 0.227 e. The second kappa shape index (κ2) is 37.3. The number of anilines is 6. The predicted molar refractivity (Wildman–Crippen MR) is 439 cm³/mol. The van der Waals surface area contributed by atoms with Crippen LogP contribution in [0.4, 0.5) is 61.2 Å². The van der Waals surface area contributed by atoms with Crippen molar-refractivity contribution in [2.24, 2.45) is 0 Å². The van der Waals surface area contributed by atoms with Gasteiger partial charge in [0.05, 0.1) is 23.7 Å². The molecule has 2 saturated heterocycles. The second-order valence-electron chi connectivity index (χ2n) is 30.1. The molecule has 0 saturated carbocycles. The van der Waals surface area contributed by atoms with Crippen LogP contribution in [-0.4, -0.2) is 131 Å². The molecule has 5 heterocycles. The number of nitrogens with one attached hydrogen (secondary N) is 3. The van der Waals surface area contributed by atoms with Crippen molar-refractivity contribution in [1.29, 1.82) is 0 Å². The summed E-state index contributed by atoms with van der Waals surface area (Å²) in [5.74, 6) is -3.65. The van der Waals surface area contributed by atoms with Crippen LogP contribution in [0.1, 0.15) is 123 Å². The normalized spacial score (nSPS) is 16.3. The molecule has 0 spiro atoms. The van der Waals surface area contributed by atoms with Gasteiger partial charge in [-0.25, -0.2) is 56.2 Å². The summed E-state index contributed by atoms with van der Waals surface area (Å²) in [5, 5.41) is 10.0. The highest BCUT2D eigenvalue weighted by Gasteiger charge is 2.32. The van der Waals surface area contributed by atoms with Crippen LogP contribution >= 0.6 is 0 Å². The predicted octanol–water partition coefficient (Wildman–Crippen LogP) is 19.8. The molecule has 2 aliphatic heterocycles. The third-order valence-corrected chi connectivity index (χ3v) is 22.6. The molecule has 0 amide bonds. The Morgan fingerprint density at radius 2 is 0.684 bits per heavy atom. The van der Waals surface area contributed by atoms with E-state index in [9.17, 15) is 26.3 Å². The van der Waals surface area contributed by atoms with Gasteiger partial charge in [0.2, 0.25) is 17.8 Å². The lowest BCUT2D eigenvalue weighted by Gasteiger charge is -2.34. The Morgan fingerprint density at radius 3 is 1.04 bits per heavy atom. The number of aromatic nitrogens is 6. The Morgan fingerprint density at radius 1 is 0.342 bits per heavy atom. The van der Waals surface area contributed by atoms with Crippen molar-refractivity contribution in [3.05, 3.63) is 320 Å². The molecule has 17 rings (SSSR count). The van der Waals surface area contributed by atoms with Gasteiger partial charge >= 0.3 is 0 Å². The van der Waals surface area contributed by atoms with Gasteiger partial charge in [0, 0.05) is 137 Å². The molecule has 0 unspecified atom stereocenters. The molecule has 14 nitrogen and oxygen atoms in total. The van der Waals surface area contributed by atoms with Crippen LogP contribution < -0.4 is 16.0 Å². The number of hydrogen-bond donors (Lipinski definition) is 3. The van der Waals surface area contributed by atoms with E-state index in [1.165, 1.54) is 85.4 Å². The molecule has 0 radical (unpaired) electrons. The number of fused-ring (bicyclic) bond motifs is 9. The molecule has 20 heteroatoms. The number of ether oxygens (including phenoxy) is 2. The standard InChI is InChI=1S/C33H35F2N5O.C31H30F2N4.C30H29F2N3O/c1-41-19-18-40-16-14-39(15-17-40)13-12-23-6-9-26(10-7-23)37-33-36-22-25-20-29(24-8-11-30(34)31(35)21-24)27-4-2-3-5-28(27)32(25)38-33;32-28-13-10-22(19-29(28)33)27-18-23-20-34-31(36-30(23)26-7-3-2-6-25(26)27)35-24-11-8-21(9-12-24)14-17-37-15-4-1-5-16-37;1-36-16-6-2-3-7-20-10-13-23(14-11-20)34-30-33-19-22-17-26(21-12-15-27(31)28(32)18-21)24-8-4-5-9-25(24)29(22)35-30/h2-11,21-22,29H,12-20H2,1H3,(H,36,37,38);2-3,6-13,19-20,27H,1,4-5,14-18H2,(H,34,35,36);4-5,8-15,18-19,26H,2-3,6-7,16-17H2,1H3,(H,33,34,35)/t29-;27-;26-/m000/s1. The average Bonchev–Trinajstić information content (AvgIpc) is 0.768. The maximum absolute atomic E-state index is 14.1. The number of unbranched alkanes of at least 4 members (excludes halogenated alkanes) is 2. The Bertz CT molecular complexity index is 5260. The zero-order valence-corrected chi connectivity index (χ0v) is 64.4. The number of benzene rings is 9. The summed E-state index contributed by atoms with van der Waals surface area (Å²) in [6, 6.07) is 61.9. The monoisotopic (exact) mass is 1540 g/mol. The Balaban J connectivity index is 0.000000135. The fraction of sp³-hybridized carbons (Fsp3) is 0.298. The number of halogens is 6. The van der Waals surface area contributed by atoms with E-state index >= 15 is 0 Å². The fourth-order valence-corrected chi connectivity index (χ4v) is 16.3. The Labute approximate surface area is 663 Å². The van der Waals surface area contributed by atoms with Gasteiger partial charge in [-0.1, -0.05) is 140 Å². The molecule has 9 aromatic carbocycles. The molecular weight excluding hydrogens is 1440 g/mol. The molecule has 3 aromatic heterocycles. The van der Waals surface area contributed by atoms with Crippen molar-refractivity contribution >= 4 is 34.9 Å². The maximum Gasteiger partial charge on any atom is 0.227 e. The number of piperazine rings is 1. The second-order valence-corrected chi connectivity index (χ2v) is 30.1. The van der Waals surface area contributed by atoms with E-state index in [2.05, 4.69) is 118 Å². The lowest BCUT2D eigenvalue weighted by Crippen LogP contribution is -2.47. The van der Waals surface area contributed by atoms with E-state index in [1.54, 1.807) is 32.4 Å². The molecule has 3 N–H and O–H groups in total. The van der Waals surface area contributed by atoms with Crippen LogP contribution in [0.3, 0.4) is 0 Å². The van der Waals surface area contributed by atoms with Gasteiger partial charge < -0.3 is 35.2 Å². The summed E-state index contributed by atoms with van der Waals surface area (Å²) in [6.45, 7) is 11.6. The highest BCUT2D eigenvalue weighted by molar-refractivity contribution is 5.76. The minimum Gasteiger partial charge on any atom is -0.385 e. The average molecular weight is 1540 g/mol. The van der Waals surface area contributed by atoms with Gasteiger partial charge in [-0.2, -0.15) is 0 Å². The molecule has 584 valence electrons. The molecule has 3 atom stereocenters. The molecule has 5 aliphatic rings. The lowest BCUT2D eigenvalue weighted by molar-refractivity contribution is 0.0976. The Hall–Kier alpha value is -11.0. The molecule has 3 aliphatic carbocycles. The van der Waals surface area contributed by atoms with E-state index in [0.29, 0.717) is 37.1 Å². The lowest BCUT2D eigenvalue weighted by atomic mass is 9.78. The van der Waals surface area contributed by atoms with Crippen molar-refractivity contribution in [3.8, 4) is 33.8 Å². The van der Waals surface area contributed by atoms with Gasteiger partial charge in [-0.15, -0.1) is 0 Å². The third-order valence-electron chi connectivity index (χ3n) is 22.6. The number of rotatable bonds is 24. The van der Waals surface area contributed by atoms with Crippen LogP contribution in [0.25, 0.3) is 33.8 Å². The molecular formula is C94H94F6N12O2. The van der Waals surface area contributed by atoms with Crippen LogP contribution in [0, 0.1) is 34.9 Å². The van der Waals surface area contributed by atoms with Crippen molar-refractivity contribution in [1.82, 2.24) is 44.6 Å². The van der Waals surface area contributed by atoms with Crippen molar-refractivity contribution in [3.63, 3.8) is 0 Å². The van der Waals surface area contributed by atoms with E-state index in [4.69, 9.17) is 24.4 Å². The number of likely N-dealkylation sites (tertiary alicyclic amines) is 1. The van der Waals surface area contributed by atoms with Gasteiger partial charge in [0.15, 0.2) is 34.9 Å². The van der Waals surface area contributed by atoms with Gasteiger partial charge in [-0.05, 0) is 217 Å². The SMILES string of the molecule is COCCCCCc1ccc(Nc2ncc3c(n2)-c2ccccc2[C@H](c2ccc(F)c(F)c2)C3)cc1.COCCN1CCN(CCc2ccc(Nc3ncc4c(n3)-c3ccccc3[C@H](c3ccc(F)c(F)c3)C4)cc2)CC1.Fc1ccc([C@@H]2Cc3cnc(Nc4ccc(CCN5CCCCC5)cc4)nc3-c3ccccc32)cc1F. The van der Waals surface area contributed by atoms with E-state index in [1.807, 2.05) is 91.4 Å². The Kier molecular flexibility index (Phi) is 25.6. The van der Waals surface area contributed by atoms with Gasteiger partial charge in [0.1, 0.15) is 0 Å². The first kappa shape index (κ1) is 78.3. The number of piperidine rings is 1. The number of methoxy groups -OCH3 is 2. The minimum absolute atomic E-state index is 0.0845. The molecule has 0 bridgehead atoms. The fourth-order valence-electron chi connectivity index (χ4n) is 16.3.